The molecule has 1 heterocycles. The van der Waals surface area contributed by atoms with Gasteiger partial charge in [0, 0.05) is 5.69 Å². The van der Waals surface area contributed by atoms with Gasteiger partial charge < -0.3 is 10.5 Å². The van der Waals surface area contributed by atoms with E-state index in [9.17, 15) is 4.79 Å². The average molecular weight is 221 g/mol. The van der Waals surface area contributed by atoms with E-state index in [2.05, 4.69) is 15.5 Å². The fourth-order valence-electron chi connectivity index (χ4n) is 1.16. The molecule has 2 aromatic rings. The molecule has 0 aliphatic rings. The lowest BCUT2D eigenvalue weighted by atomic mass is 10.3. The van der Waals surface area contributed by atoms with Gasteiger partial charge in [-0.2, -0.15) is 0 Å². The quantitative estimate of drug-likeness (QED) is 0.460. The van der Waals surface area contributed by atoms with Crippen molar-refractivity contribution in [2.75, 3.05) is 5.32 Å². The van der Waals surface area contributed by atoms with Crippen molar-refractivity contribution in [3.63, 3.8) is 0 Å². The fourth-order valence-corrected chi connectivity index (χ4v) is 1.88. The van der Waals surface area contributed by atoms with E-state index in [0.717, 1.165) is 16.4 Å². The maximum absolute atomic E-state index is 11.1. The highest BCUT2D eigenvalue weighted by Crippen LogP contribution is 2.21. The molecule has 0 saturated heterocycles. The number of anilines is 1. The van der Waals surface area contributed by atoms with E-state index < -0.39 is 5.91 Å². The summed E-state index contributed by atoms with van der Waals surface area (Å²) in [5.41, 5.74) is 3.29. The summed E-state index contributed by atoms with van der Waals surface area (Å²) in [4.78, 5) is 15.2. The van der Waals surface area contributed by atoms with E-state index in [-0.39, 0.29) is 0 Å². The number of aromatic nitrogens is 1. The molecule has 0 radical (unpaired) electrons. The highest BCUT2D eigenvalue weighted by Gasteiger charge is 2.01. The second-order valence-corrected chi connectivity index (χ2v) is 3.66. The molecule has 0 saturated carbocycles. The molecule has 0 aliphatic heterocycles. The van der Waals surface area contributed by atoms with Crippen molar-refractivity contribution in [1.29, 1.82) is 0 Å². The number of nitrogens with zero attached hydrogens (tertiary/aromatic N) is 2. The summed E-state index contributed by atoms with van der Waals surface area (Å²) < 4.78 is 0.994. The third-order valence-electron chi connectivity index (χ3n) is 1.77. The zero-order valence-electron chi connectivity index (χ0n) is 7.54. The second-order valence-electron chi connectivity index (χ2n) is 2.77. The van der Waals surface area contributed by atoms with E-state index in [4.69, 9.17) is 5.21 Å². The van der Waals surface area contributed by atoms with Crippen LogP contribution >= 0.6 is 11.3 Å². The minimum absolute atomic E-state index is 0.471. The summed E-state index contributed by atoms with van der Waals surface area (Å²) >= 11 is 1.50. The molecule has 0 atom stereocenters. The van der Waals surface area contributed by atoms with Crippen LogP contribution in [0.4, 0.5) is 5.69 Å². The molecule has 0 aliphatic carbocycles. The number of nitrogens with one attached hydrogen (secondary N) is 1. The average Bonchev–Trinajstić information content (AvgIpc) is 2.65. The molecule has 15 heavy (non-hydrogen) atoms. The summed E-state index contributed by atoms with van der Waals surface area (Å²) in [5, 5.41) is 13.3. The zero-order valence-corrected chi connectivity index (χ0v) is 8.36. The lowest BCUT2D eigenvalue weighted by Gasteiger charge is -2.00. The van der Waals surface area contributed by atoms with Gasteiger partial charge in [-0.15, -0.1) is 11.3 Å². The normalized spacial score (nSPS) is 10.9. The van der Waals surface area contributed by atoms with Crippen molar-refractivity contribution in [1.82, 2.24) is 4.98 Å². The second kappa shape index (κ2) is 4.05. The zero-order chi connectivity index (χ0) is 10.7. The van der Waals surface area contributed by atoms with Gasteiger partial charge in [-0.3, -0.25) is 4.79 Å². The number of fused-ring (bicyclic) bond motifs is 1. The standard InChI is InChI=1S/C9H7N3O2S/c13-9(4-11-14)12-6-1-2-7-8(3-6)15-5-10-7/h1-5,14H,(H,12,13)/b11-4+. The van der Waals surface area contributed by atoms with Gasteiger partial charge in [0.25, 0.3) is 5.91 Å². The van der Waals surface area contributed by atoms with Crippen molar-refractivity contribution in [2.24, 2.45) is 5.16 Å². The highest BCUT2D eigenvalue weighted by molar-refractivity contribution is 7.16. The maximum Gasteiger partial charge on any atom is 0.270 e. The van der Waals surface area contributed by atoms with Gasteiger partial charge in [0.15, 0.2) is 0 Å². The Morgan fingerprint density at radius 2 is 2.47 bits per heavy atom. The van der Waals surface area contributed by atoms with Crippen LogP contribution in [0.3, 0.4) is 0 Å². The summed E-state index contributed by atoms with van der Waals surface area (Å²) in [6.07, 6.45) is 0.802. The Kier molecular flexibility index (Phi) is 2.59. The van der Waals surface area contributed by atoms with E-state index in [0.29, 0.717) is 5.69 Å². The molecule has 0 bridgehead atoms. The van der Waals surface area contributed by atoms with Crippen LogP contribution in [0.25, 0.3) is 10.2 Å². The first kappa shape index (κ1) is 9.60. The number of hydrogen-bond acceptors (Lipinski definition) is 5. The molecule has 6 heteroatoms. The largest absolute Gasteiger partial charge is 0.411 e. The van der Waals surface area contributed by atoms with Gasteiger partial charge in [0.05, 0.1) is 15.7 Å². The number of carbonyl (C=O) groups excluding carboxylic acids is 1. The van der Waals surface area contributed by atoms with Gasteiger partial charge in [-0.1, -0.05) is 5.16 Å². The first-order valence-corrected chi connectivity index (χ1v) is 4.99. The topological polar surface area (TPSA) is 74.6 Å². The molecule has 76 valence electrons. The molecule has 0 unspecified atom stereocenters. The van der Waals surface area contributed by atoms with Crippen LogP contribution in [0.2, 0.25) is 0 Å². The van der Waals surface area contributed by atoms with Crippen molar-refractivity contribution in [3.8, 4) is 0 Å². The van der Waals surface area contributed by atoms with Crippen LogP contribution in [0.5, 0.6) is 0 Å². The highest BCUT2D eigenvalue weighted by atomic mass is 32.1. The summed E-state index contributed by atoms with van der Waals surface area (Å²) in [6, 6.07) is 5.37. The Morgan fingerprint density at radius 3 is 3.27 bits per heavy atom. The van der Waals surface area contributed by atoms with Gasteiger partial charge in [0.1, 0.15) is 6.21 Å². The first-order valence-electron chi connectivity index (χ1n) is 4.11. The third kappa shape index (κ3) is 2.10. The van der Waals surface area contributed by atoms with E-state index >= 15 is 0 Å². The lowest BCUT2D eigenvalue weighted by Crippen LogP contribution is -2.12. The minimum atomic E-state index is -0.471. The summed E-state index contributed by atoms with van der Waals surface area (Å²) in [7, 11) is 0. The Morgan fingerprint density at radius 1 is 1.60 bits per heavy atom. The Balaban J connectivity index is 2.24. The predicted octanol–water partition coefficient (Wildman–Crippen LogP) is 1.69. The van der Waals surface area contributed by atoms with Crippen LogP contribution in [0, 0.1) is 0 Å². The summed E-state index contributed by atoms with van der Waals surface area (Å²) in [5.74, 6) is -0.471. The van der Waals surface area contributed by atoms with Crippen molar-refractivity contribution in [2.45, 2.75) is 0 Å². The molecular weight excluding hydrogens is 214 g/mol. The number of rotatable bonds is 2. The number of thiazole rings is 1. The number of amides is 1. The van der Waals surface area contributed by atoms with Crippen LogP contribution in [-0.2, 0) is 4.79 Å². The lowest BCUT2D eigenvalue weighted by molar-refractivity contribution is -0.110. The molecule has 0 fully saturated rings. The molecule has 1 amide bonds. The van der Waals surface area contributed by atoms with Crippen LogP contribution in [0.1, 0.15) is 0 Å². The smallest absolute Gasteiger partial charge is 0.270 e. The minimum Gasteiger partial charge on any atom is -0.411 e. The number of oxime groups is 1. The van der Waals surface area contributed by atoms with Gasteiger partial charge in [-0.05, 0) is 18.2 Å². The number of benzene rings is 1. The van der Waals surface area contributed by atoms with Crippen molar-refractivity contribution >= 4 is 39.4 Å². The third-order valence-corrected chi connectivity index (χ3v) is 2.57. The number of carbonyl (C=O) groups is 1. The van der Waals surface area contributed by atoms with E-state index in [1.807, 2.05) is 12.1 Å². The first-order chi connectivity index (χ1) is 7.29. The monoisotopic (exact) mass is 221 g/mol. The van der Waals surface area contributed by atoms with Crippen LogP contribution < -0.4 is 5.32 Å². The molecule has 5 nitrogen and oxygen atoms in total. The molecule has 1 aromatic carbocycles. The van der Waals surface area contributed by atoms with Gasteiger partial charge in [-0.25, -0.2) is 4.98 Å². The number of hydrogen-bond donors (Lipinski definition) is 2. The maximum atomic E-state index is 11.1. The van der Waals surface area contributed by atoms with E-state index in [1.54, 1.807) is 11.6 Å². The summed E-state index contributed by atoms with van der Waals surface area (Å²) in [6.45, 7) is 0. The van der Waals surface area contributed by atoms with Gasteiger partial charge in [0.2, 0.25) is 0 Å². The van der Waals surface area contributed by atoms with Crippen LogP contribution in [0.15, 0.2) is 28.9 Å². The molecule has 0 spiro atoms. The molecule has 1 aromatic heterocycles. The molecule has 2 rings (SSSR count). The predicted molar refractivity (Wildman–Crippen MR) is 58.5 cm³/mol. The van der Waals surface area contributed by atoms with Gasteiger partial charge >= 0.3 is 0 Å². The Labute approximate surface area is 89.1 Å². The fraction of sp³-hybridized carbons (Fsp3) is 0. The van der Waals surface area contributed by atoms with Crippen molar-refractivity contribution in [3.05, 3.63) is 23.7 Å². The molecular formula is C9H7N3O2S. The Bertz CT molecular complexity index is 521. The SMILES string of the molecule is O=C(/C=N/O)Nc1ccc2ncsc2c1. The Hall–Kier alpha value is -1.95. The molecule has 2 N–H and O–H groups in total. The van der Waals surface area contributed by atoms with E-state index in [1.165, 1.54) is 11.3 Å². The van der Waals surface area contributed by atoms with Crippen LogP contribution in [-0.4, -0.2) is 22.3 Å². The van der Waals surface area contributed by atoms with Crippen molar-refractivity contribution < 1.29 is 10.0 Å².